The Morgan fingerprint density at radius 3 is 2.58 bits per heavy atom. The van der Waals surface area contributed by atoms with E-state index in [4.69, 9.17) is 0 Å². The quantitative estimate of drug-likeness (QED) is 0.748. The van der Waals surface area contributed by atoms with Crippen molar-refractivity contribution in [2.24, 2.45) is 0 Å². The zero-order chi connectivity index (χ0) is 19.3. The van der Waals surface area contributed by atoms with Crippen molar-refractivity contribution >= 4 is 22.7 Å². The topological polar surface area (TPSA) is 104 Å². The molecule has 0 aliphatic rings. The Morgan fingerprint density at radius 2 is 1.92 bits per heavy atom. The number of nitrogens with zero attached hydrogens (tertiary/aromatic N) is 2. The fourth-order valence-electron chi connectivity index (χ4n) is 2.75. The molecule has 1 aromatic carbocycles. The number of amides is 2. The molecule has 0 fully saturated rings. The molecule has 140 valence electrons. The summed E-state index contributed by atoms with van der Waals surface area (Å²) in [5.74, 6) is -0.449. The molecule has 2 aromatic rings. The van der Waals surface area contributed by atoms with E-state index in [1.54, 1.807) is 31.2 Å². The summed E-state index contributed by atoms with van der Waals surface area (Å²) in [6, 6.07) is 6.74. The summed E-state index contributed by atoms with van der Waals surface area (Å²) in [4.78, 5) is 52.0. The molecule has 8 nitrogen and oxygen atoms in total. The van der Waals surface area contributed by atoms with Gasteiger partial charge in [0.2, 0.25) is 11.8 Å². The molecule has 1 heterocycles. The number of fused-ring (bicyclic) bond motifs is 1. The van der Waals surface area contributed by atoms with E-state index in [1.807, 2.05) is 13.8 Å². The highest BCUT2D eigenvalue weighted by molar-refractivity contribution is 5.85. The summed E-state index contributed by atoms with van der Waals surface area (Å²) < 4.78 is 1.37. The molecule has 0 aliphatic carbocycles. The molecule has 0 bridgehead atoms. The third-order valence-corrected chi connectivity index (χ3v) is 3.97. The van der Waals surface area contributed by atoms with Gasteiger partial charge in [0.25, 0.3) is 5.56 Å². The molecule has 2 N–H and O–H groups in total. The van der Waals surface area contributed by atoms with Crippen molar-refractivity contribution in [3.63, 3.8) is 0 Å². The number of hydrogen-bond donors (Lipinski definition) is 2. The lowest BCUT2D eigenvalue weighted by atomic mass is 10.2. The molecule has 0 aliphatic heterocycles. The van der Waals surface area contributed by atoms with E-state index < -0.39 is 11.2 Å². The summed E-state index contributed by atoms with van der Waals surface area (Å²) in [7, 11) is 0. The number of benzene rings is 1. The number of hydrogen-bond acceptors (Lipinski definition) is 4. The highest BCUT2D eigenvalue weighted by Crippen LogP contribution is 2.07. The molecule has 8 heteroatoms. The molecule has 0 spiro atoms. The highest BCUT2D eigenvalue weighted by atomic mass is 16.2. The zero-order valence-electron chi connectivity index (χ0n) is 15.2. The number of carbonyl (C=O) groups excluding carboxylic acids is 2. The van der Waals surface area contributed by atoms with Crippen molar-refractivity contribution in [3.8, 4) is 0 Å². The Hall–Kier alpha value is -2.90. The summed E-state index contributed by atoms with van der Waals surface area (Å²) in [5, 5.41) is 3.14. The predicted octanol–water partition coefficient (Wildman–Crippen LogP) is 0.453. The fraction of sp³-hybridized carbons (Fsp3) is 0.444. The van der Waals surface area contributed by atoms with Gasteiger partial charge in [0.1, 0.15) is 0 Å². The van der Waals surface area contributed by atoms with E-state index in [-0.39, 0.29) is 37.4 Å². The van der Waals surface area contributed by atoms with Crippen LogP contribution in [0.1, 0.15) is 27.2 Å². The lowest BCUT2D eigenvalue weighted by Crippen LogP contribution is -2.43. The molecule has 0 saturated carbocycles. The maximum atomic E-state index is 12.4. The van der Waals surface area contributed by atoms with Crippen LogP contribution in [-0.2, 0) is 16.1 Å². The molecule has 2 rings (SSSR count). The second-order valence-electron chi connectivity index (χ2n) is 6.31. The SMILES string of the molecule is CCN(CC(=O)NC(C)C)C(=O)CCn1c(=O)[nH]c(=O)c2ccccc21. The smallest absolute Gasteiger partial charge is 0.328 e. The van der Waals surface area contributed by atoms with Gasteiger partial charge in [-0.05, 0) is 32.9 Å². The van der Waals surface area contributed by atoms with Crippen molar-refractivity contribution in [1.29, 1.82) is 0 Å². The fourth-order valence-corrected chi connectivity index (χ4v) is 2.75. The Balaban J connectivity index is 2.14. The lowest BCUT2D eigenvalue weighted by molar-refractivity contribution is -0.136. The summed E-state index contributed by atoms with van der Waals surface area (Å²) in [6.45, 7) is 5.99. The van der Waals surface area contributed by atoms with Crippen LogP contribution in [0.2, 0.25) is 0 Å². The standard InChI is InChI=1S/C18H24N4O4/c1-4-21(11-15(23)19-12(2)3)16(24)9-10-22-14-8-6-5-7-13(14)17(25)20-18(22)26/h5-8,12H,4,9-11H2,1-3H3,(H,19,23)(H,20,25,26). The molecule has 1 aromatic heterocycles. The van der Waals surface area contributed by atoms with Gasteiger partial charge in [-0.1, -0.05) is 12.1 Å². The van der Waals surface area contributed by atoms with Crippen LogP contribution in [0, 0.1) is 0 Å². The first-order chi connectivity index (χ1) is 12.3. The maximum Gasteiger partial charge on any atom is 0.328 e. The van der Waals surface area contributed by atoms with Crippen LogP contribution < -0.4 is 16.6 Å². The Bertz CT molecular complexity index is 913. The number of H-pyrrole nitrogens is 1. The summed E-state index contributed by atoms with van der Waals surface area (Å²) >= 11 is 0. The van der Waals surface area contributed by atoms with Gasteiger partial charge in [-0.3, -0.25) is 23.9 Å². The molecule has 0 saturated heterocycles. The van der Waals surface area contributed by atoms with Crippen molar-refractivity contribution < 1.29 is 9.59 Å². The van der Waals surface area contributed by atoms with Crippen LogP contribution in [0.15, 0.2) is 33.9 Å². The van der Waals surface area contributed by atoms with Crippen LogP contribution in [0.4, 0.5) is 0 Å². The number of aromatic nitrogens is 2. The van der Waals surface area contributed by atoms with Crippen LogP contribution >= 0.6 is 0 Å². The Morgan fingerprint density at radius 1 is 1.23 bits per heavy atom. The van der Waals surface area contributed by atoms with E-state index in [0.717, 1.165) is 0 Å². The van der Waals surface area contributed by atoms with E-state index >= 15 is 0 Å². The molecule has 0 atom stereocenters. The normalized spacial score (nSPS) is 10.9. The second kappa shape index (κ2) is 8.46. The zero-order valence-corrected chi connectivity index (χ0v) is 15.2. The monoisotopic (exact) mass is 360 g/mol. The molecular formula is C18H24N4O4. The Labute approximate surface area is 150 Å². The number of likely N-dealkylation sites (N-methyl/N-ethyl adjacent to an activating group) is 1. The summed E-state index contributed by atoms with van der Waals surface area (Å²) in [6.07, 6.45) is 0.0543. The number of carbonyl (C=O) groups is 2. The molecule has 2 amide bonds. The van der Waals surface area contributed by atoms with E-state index in [1.165, 1.54) is 9.47 Å². The number of aromatic amines is 1. The minimum Gasteiger partial charge on any atom is -0.352 e. The largest absolute Gasteiger partial charge is 0.352 e. The highest BCUT2D eigenvalue weighted by Gasteiger charge is 2.17. The van der Waals surface area contributed by atoms with Gasteiger partial charge in [-0.15, -0.1) is 0 Å². The van der Waals surface area contributed by atoms with E-state index in [2.05, 4.69) is 10.3 Å². The van der Waals surface area contributed by atoms with Gasteiger partial charge in [0.15, 0.2) is 0 Å². The van der Waals surface area contributed by atoms with Gasteiger partial charge in [-0.2, -0.15) is 0 Å². The molecule has 0 unspecified atom stereocenters. The third-order valence-electron chi connectivity index (χ3n) is 3.97. The third kappa shape index (κ3) is 4.59. The predicted molar refractivity (Wildman–Crippen MR) is 99.0 cm³/mol. The van der Waals surface area contributed by atoms with Gasteiger partial charge in [0, 0.05) is 25.6 Å². The van der Waals surface area contributed by atoms with Crippen molar-refractivity contribution in [3.05, 3.63) is 45.1 Å². The number of nitrogens with one attached hydrogen (secondary N) is 2. The van der Waals surface area contributed by atoms with Crippen LogP contribution in [-0.4, -0.2) is 45.4 Å². The first-order valence-electron chi connectivity index (χ1n) is 8.62. The van der Waals surface area contributed by atoms with Crippen LogP contribution in [0.5, 0.6) is 0 Å². The minimum absolute atomic E-state index is 0.00222. The summed E-state index contributed by atoms with van der Waals surface area (Å²) in [5.41, 5.74) is -0.523. The van der Waals surface area contributed by atoms with Gasteiger partial charge >= 0.3 is 5.69 Å². The minimum atomic E-state index is -0.554. The van der Waals surface area contributed by atoms with Crippen LogP contribution in [0.25, 0.3) is 10.9 Å². The van der Waals surface area contributed by atoms with Crippen molar-refractivity contribution in [1.82, 2.24) is 19.8 Å². The number of para-hydroxylation sites is 1. The maximum absolute atomic E-state index is 12.4. The van der Waals surface area contributed by atoms with E-state index in [0.29, 0.717) is 17.4 Å². The number of rotatable bonds is 7. The molecular weight excluding hydrogens is 336 g/mol. The average Bonchev–Trinajstić information content (AvgIpc) is 2.58. The van der Waals surface area contributed by atoms with E-state index in [9.17, 15) is 19.2 Å². The second-order valence-corrected chi connectivity index (χ2v) is 6.31. The Kier molecular flexibility index (Phi) is 6.32. The van der Waals surface area contributed by atoms with Gasteiger partial charge < -0.3 is 10.2 Å². The average molecular weight is 360 g/mol. The first-order valence-corrected chi connectivity index (χ1v) is 8.62. The van der Waals surface area contributed by atoms with Gasteiger partial charge in [-0.25, -0.2) is 4.79 Å². The van der Waals surface area contributed by atoms with Crippen molar-refractivity contribution in [2.45, 2.75) is 39.8 Å². The molecule has 26 heavy (non-hydrogen) atoms. The first kappa shape index (κ1) is 19.4. The van der Waals surface area contributed by atoms with Crippen molar-refractivity contribution in [2.75, 3.05) is 13.1 Å². The van der Waals surface area contributed by atoms with Crippen LogP contribution in [0.3, 0.4) is 0 Å². The lowest BCUT2D eigenvalue weighted by Gasteiger charge is -2.21. The van der Waals surface area contributed by atoms with Gasteiger partial charge in [0.05, 0.1) is 17.4 Å². The number of aryl methyl sites for hydroxylation is 1. The molecule has 0 radical (unpaired) electrons.